The highest BCUT2D eigenvalue weighted by Crippen LogP contribution is 2.38. The molecular formula is C28H33F4N5O2S. The standard InChI is InChI=1S/C28H33F4N5O2S/c1-33-14-11-26(34-2)35-40(38,39)25-9-8-23(19-24(25)29)36-15-4-12-27(20-36,37-16-5-17-37)13-10-21-6-3-7-22(18-21)28(30,31)32/h3,6-9,11,14,18-19,35H,2,4-5,10,12-13,15-17,20H2,1H3/b26-11+,33-14-/t27-/m0/s1. The van der Waals surface area contributed by atoms with Gasteiger partial charge in [0.15, 0.2) is 0 Å². The normalized spacial score (nSPS) is 20.9. The molecule has 4 rings (SSSR count). The third kappa shape index (κ3) is 6.72. The molecule has 216 valence electrons. The molecule has 2 aliphatic heterocycles. The van der Waals surface area contributed by atoms with Crippen molar-refractivity contribution in [1.82, 2.24) is 9.62 Å². The first-order valence-corrected chi connectivity index (χ1v) is 14.5. The number of nitrogens with one attached hydrogen (secondary N) is 1. The van der Waals surface area contributed by atoms with Crippen LogP contribution in [-0.2, 0) is 22.6 Å². The molecule has 0 aliphatic carbocycles. The number of piperidine rings is 1. The minimum atomic E-state index is -4.39. The number of benzene rings is 2. The molecule has 0 aromatic heterocycles. The summed E-state index contributed by atoms with van der Waals surface area (Å²) in [5.41, 5.74) is 0.255. The first kappa shape index (κ1) is 29.7. The van der Waals surface area contributed by atoms with Crippen LogP contribution in [0.5, 0.6) is 0 Å². The van der Waals surface area contributed by atoms with Crippen LogP contribution in [-0.4, -0.2) is 65.0 Å². The van der Waals surface area contributed by atoms with Crippen LogP contribution >= 0.6 is 0 Å². The lowest BCUT2D eigenvalue weighted by molar-refractivity contribution is -0.137. The first-order valence-electron chi connectivity index (χ1n) is 13.1. The second-order valence-electron chi connectivity index (χ2n) is 10.1. The lowest BCUT2D eigenvalue weighted by atomic mass is 9.80. The smallest absolute Gasteiger partial charge is 0.370 e. The van der Waals surface area contributed by atoms with E-state index in [1.54, 1.807) is 12.1 Å². The molecule has 2 fully saturated rings. The number of hydrogen-bond acceptors (Lipinski definition) is 6. The summed E-state index contributed by atoms with van der Waals surface area (Å²) >= 11 is 0. The third-order valence-corrected chi connectivity index (χ3v) is 8.96. The molecule has 40 heavy (non-hydrogen) atoms. The predicted molar refractivity (Wildman–Crippen MR) is 149 cm³/mol. The van der Waals surface area contributed by atoms with Gasteiger partial charge >= 0.3 is 6.18 Å². The van der Waals surface area contributed by atoms with E-state index < -0.39 is 32.5 Å². The van der Waals surface area contributed by atoms with E-state index in [4.69, 9.17) is 0 Å². The van der Waals surface area contributed by atoms with Gasteiger partial charge in [0.2, 0.25) is 0 Å². The van der Waals surface area contributed by atoms with Gasteiger partial charge in [0.25, 0.3) is 10.0 Å². The van der Waals surface area contributed by atoms with Crippen molar-refractivity contribution in [2.45, 2.75) is 48.7 Å². The van der Waals surface area contributed by atoms with E-state index in [9.17, 15) is 21.6 Å². The molecule has 7 nitrogen and oxygen atoms in total. The molecule has 0 saturated carbocycles. The number of aryl methyl sites for hydroxylation is 1. The third-order valence-electron chi connectivity index (χ3n) is 7.58. The van der Waals surface area contributed by atoms with Crippen molar-refractivity contribution in [3.8, 4) is 0 Å². The van der Waals surface area contributed by atoms with Crippen LogP contribution in [0.2, 0.25) is 0 Å². The van der Waals surface area contributed by atoms with E-state index in [2.05, 4.69) is 26.3 Å². The van der Waals surface area contributed by atoms with Crippen LogP contribution in [0.25, 0.3) is 0 Å². The summed E-state index contributed by atoms with van der Waals surface area (Å²) in [5.74, 6) is -0.994. The highest BCUT2D eigenvalue weighted by atomic mass is 32.2. The Morgan fingerprint density at radius 1 is 1.15 bits per heavy atom. The summed E-state index contributed by atoms with van der Waals surface area (Å²) in [6, 6.07) is 9.47. The van der Waals surface area contributed by atoms with E-state index in [0.29, 0.717) is 37.2 Å². The number of likely N-dealkylation sites (tertiary alicyclic amines) is 1. The quantitative estimate of drug-likeness (QED) is 0.316. The SMILES string of the molecule is C=N/C(=C\C=N/C)NS(=O)(=O)c1ccc(N2CCC[C@@](CCc3cccc(C(F)(F)F)c3)(N3CCC3)C2)cc1F. The fraction of sp³-hybridized carbons (Fsp3) is 0.429. The molecule has 0 radical (unpaired) electrons. The van der Waals surface area contributed by atoms with Gasteiger partial charge in [-0.2, -0.15) is 13.2 Å². The molecule has 0 spiro atoms. The molecule has 0 amide bonds. The summed E-state index contributed by atoms with van der Waals surface area (Å²) < 4.78 is 82.7. The number of nitrogens with zero attached hydrogens (tertiary/aromatic N) is 4. The van der Waals surface area contributed by atoms with Crippen molar-refractivity contribution >= 4 is 28.6 Å². The summed E-state index contributed by atoms with van der Waals surface area (Å²) in [4.78, 5) is 11.2. The zero-order valence-electron chi connectivity index (χ0n) is 22.3. The summed E-state index contributed by atoms with van der Waals surface area (Å²) in [6.07, 6.45) is 2.15. The number of alkyl halides is 3. The van der Waals surface area contributed by atoms with Crippen molar-refractivity contribution in [3.05, 3.63) is 71.3 Å². The molecule has 1 N–H and O–H groups in total. The Hall–Kier alpha value is -3.25. The first-order chi connectivity index (χ1) is 19.0. The minimum Gasteiger partial charge on any atom is -0.370 e. The minimum absolute atomic E-state index is 0.0924. The van der Waals surface area contributed by atoms with Crippen LogP contribution in [0.4, 0.5) is 23.2 Å². The Kier molecular flexibility index (Phi) is 8.99. The van der Waals surface area contributed by atoms with Crippen molar-refractivity contribution < 1.29 is 26.0 Å². The number of allylic oxidation sites excluding steroid dienone is 1. The molecule has 0 unspecified atom stereocenters. The number of hydrogen-bond donors (Lipinski definition) is 1. The van der Waals surface area contributed by atoms with Crippen LogP contribution in [0, 0.1) is 5.82 Å². The fourth-order valence-electron chi connectivity index (χ4n) is 5.38. The summed E-state index contributed by atoms with van der Waals surface area (Å²) in [7, 11) is -2.75. The van der Waals surface area contributed by atoms with Gasteiger partial charge < -0.3 is 4.90 Å². The zero-order chi connectivity index (χ0) is 29.0. The molecule has 2 aromatic carbocycles. The molecule has 12 heteroatoms. The molecular weight excluding hydrogens is 546 g/mol. The highest BCUT2D eigenvalue weighted by Gasteiger charge is 2.43. The Morgan fingerprint density at radius 3 is 2.55 bits per heavy atom. The second kappa shape index (κ2) is 12.1. The van der Waals surface area contributed by atoms with Crippen molar-refractivity contribution in [3.63, 3.8) is 0 Å². The van der Waals surface area contributed by atoms with Gasteiger partial charge in [-0.05, 0) is 87.8 Å². The van der Waals surface area contributed by atoms with Gasteiger partial charge in [-0.25, -0.2) is 17.8 Å². The van der Waals surface area contributed by atoms with Crippen LogP contribution in [0.3, 0.4) is 0 Å². The molecule has 1 atom stereocenters. The van der Waals surface area contributed by atoms with E-state index >= 15 is 4.39 Å². The topological polar surface area (TPSA) is 77.4 Å². The molecule has 0 bridgehead atoms. The maximum Gasteiger partial charge on any atom is 0.416 e. The number of halogens is 4. The van der Waals surface area contributed by atoms with Gasteiger partial charge in [0, 0.05) is 37.6 Å². The number of aliphatic imine (C=N–C) groups is 2. The monoisotopic (exact) mass is 579 g/mol. The van der Waals surface area contributed by atoms with Crippen LogP contribution in [0.15, 0.2) is 69.2 Å². The molecule has 2 aromatic rings. The number of anilines is 1. The van der Waals surface area contributed by atoms with Gasteiger partial charge in [-0.15, -0.1) is 0 Å². The van der Waals surface area contributed by atoms with Crippen molar-refractivity contribution in [2.24, 2.45) is 9.98 Å². The van der Waals surface area contributed by atoms with E-state index in [0.717, 1.165) is 38.4 Å². The Morgan fingerprint density at radius 2 is 1.93 bits per heavy atom. The Bertz CT molecular complexity index is 1390. The maximum absolute atomic E-state index is 15.2. The van der Waals surface area contributed by atoms with Crippen molar-refractivity contribution in [1.29, 1.82) is 0 Å². The van der Waals surface area contributed by atoms with Gasteiger partial charge in [0.05, 0.1) is 5.56 Å². The van der Waals surface area contributed by atoms with Crippen LogP contribution in [0.1, 0.15) is 36.8 Å². The Balaban J connectivity index is 1.54. The van der Waals surface area contributed by atoms with E-state index in [1.165, 1.54) is 43.6 Å². The summed E-state index contributed by atoms with van der Waals surface area (Å²) in [5, 5.41) is 0. The van der Waals surface area contributed by atoms with E-state index in [1.807, 2.05) is 4.90 Å². The van der Waals surface area contributed by atoms with E-state index in [-0.39, 0.29) is 11.4 Å². The predicted octanol–water partition coefficient (Wildman–Crippen LogP) is 5.04. The fourth-order valence-corrected chi connectivity index (χ4v) is 6.47. The maximum atomic E-state index is 15.2. The summed E-state index contributed by atoms with van der Waals surface area (Å²) in [6.45, 7) is 6.36. The van der Waals surface area contributed by atoms with Gasteiger partial charge in [-0.3, -0.25) is 14.6 Å². The van der Waals surface area contributed by atoms with Crippen molar-refractivity contribution in [2.75, 3.05) is 38.1 Å². The molecule has 2 aliphatic rings. The van der Waals surface area contributed by atoms with Gasteiger partial charge in [0.1, 0.15) is 16.5 Å². The molecule has 2 heterocycles. The van der Waals surface area contributed by atoms with Crippen LogP contribution < -0.4 is 9.62 Å². The lowest BCUT2D eigenvalue weighted by Gasteiger charge is -2.54. The lowest BCUT2D eigenvalue weighted by Crippen LogP contribution is -2.63. The average Bonchev–Trinajstić information content (AvgIpc) is 2.88. The number of sulfonamides is 1. The Labute approximate surface area is 232 Å². The second-order valence-corrected chi connectivity index (χ2v) is 11.8. The largest absolute Gasteiger partial charge is 0.416 e. The average molecular weight is 580 g/mol. The highest BCUT2D eigenvalue weighted by molar-refractivity contribution is 7.89. The number of rotatable bonds is 10. The zero-order valence-corrected chi connectivity index (χ0v) is 23.1. The van der Waals surface area contributed by atoms with Gasteiger partial charge in [-0.1, -0.05) is 18.2 Å². The molecule has 2 saturated heterocycles.